The molecule has 6 nitrogen and oxygen atoms in total. The van der Waals surface area contributed by atoms with Crippen LogP contribution in [0.3, 0.4) is 0 Å². The predicted octanol–water partition coefficient (Wildman–Crippen LogP) is 0.379. The molecule has 4 N–H and O–H groups in total. The first-order valence-electron chi connectivity index (χ1n) is 5.63. The molecule has 0 radical (unpaired) electrons. The average Bonchev–Trinajstić information content (AvgIpc) is 2.28. The summed E-state index contributed by atoms with van der Waals surface area (Å²) in [6.07, 6.45) is 0. The molecule has 1 heterocycles. The Morgan fingerprint density at radius 2 is 2.11 bits per heavy atom. The van der Waals surface area contributed by atoms with Crippen LogP contribution in [0.15, 0.2) is 18.2 Å². The van der Waals surface area contributed by atoms with Crippen molar-refractivity contribution in [2.75, 3.05) is 0 Å². The zero-order valence-electron chi connectivity index (χ0n) is 10.4. The Balaban J connectivity index is 2.70. The smallest absolute Gasteiger partial charge is 0.354 e. The number of nitrogens with one attached hydrogen (secondary N) is 1. The summed E-state index contributed by atoms with van der Waals surface area (Å²) in [5.74, 6) is -1.45. The molecule has 1 amide bonds. The van der Waals surface area contributed by atoms with Crippen LogP contribution in [0.4, 0.5) is 0 Å². The van der Waals surface area contributed by atoms with Gasteiger partial charge in [-0.1, -0.05) is 19.9 Å². The summed E-state index contributed by atoms with van der Waals surface area (Å²) in [7, 11) is 0. The van der Waals surface area contributed by atoms with E-state index in [1.807, 2.05) is 13.8 Å². The number of amides is 1. The van der Waals surface area contributed by atoms with Crippen LogP contribution >= 0.6 is 0 Å². The van der Waals surface area contributed by atoms with E-state index in [1.54, 1.807) is 12.1 Å². The first-order chi connectivity index (χ1) is 8.41. The number of aromatic nitrogens is 1. The third-order valence-electron chi connectivity index (χ3n) is 2.50. The van der Waals surface area contributed by atoms with Gasteiger partial charge in [-0.3, -0.25) is 10.1 Å². The molecule has 0 aliphatic rings. The van der Waals surface area contributed by atoms with Gasteiger partial charge >= 0.3 is 5.97 Å². The highest BCUT2D eigenvalue weighted by atomic mass is 16.4. The number of hydrogen-bond acceptors (Lipinski definition) is 4. The quantitative estimate of drug-likeness (QED) is 0.677. The zero-order chi connectivity index (χ0) is 13.7. The molecule has 6 heteroatoms. The maximum absolute atomic E-state index is 11.2. The average molecular weight is 251 g/mol. The maximum atomic E-state index is 11.2. The summed E-state index contributed by atoms with van der Waals surface area (Å²) >= 11 is 0. The van der Waals surface area contributed by atoms with Crippen molar-refractivity contribution in [3.63, 3.8) is 0 Å². The van der Waals surface area contributed by atoms with Crippen LogP contribution in [0.25, 0.3) is 0 Å². The number of aromatic carboxylic acids is 1. The Morgan fingerprint density at radius 1 is 1.44 bits per heavy atom. The Morgan fingerprint density at radius 3 is 2.61 bits per heavy atom. The van der Waals surface area contributed by atoms with Crippen LogP contribution < -0.4 is 11.1 Å². The van der Waals surface area contributed by atoms with Gasteiger partial charge in [-0.25, -0.2) is 9.78 Å². The molecule has 1 rings (SSSR count). The summed E-state index contributed by atoms with van der Waals surface area (Å²) in [5.41, 5.74) is 5.80. The molecule has 18 heavy (non-hydrogen) atoms. The van der Waals surface area contributed by atoms with Gasteiger partial charge in [0.05, 0.1) is 11.7 Å². The SMILES string of the molecule is CC(C)C(NCc1cccc(C(=O)O)n1)C(N)=O. The molecule has 1 unspecified atom stereocenters. The molecule has 98 valence electrons. The molecule has 0 saturated carbocycles. The Kier molecular flexibility index (Phi) is 4.79. The van der Waals surface area contributed by atoms with Crippen molar-refractivity contribution in [1.82, 2.24) is 10.3 Å². The number of primary amides is 1. The minimum absolute atomic E-state index is 0.0190. The van der Waals surface area contributed by atoms with Crippen molar-refractivity contribution in [3.8, 4) is 0 Å². The van der Waals surface area contributed by atoms with E-state index < -0.39 is 17.9 Å². The Bertz CT molecular complexity index is 446. The van der Waals surface area contributed by atoms with Gasteiger partial charge in [0.15, 0.2) is 0 Å². The second kappa shape index (κ2) is 6.11. The van der Waals surface area contributed by atoms with Crippen molar-refractivity contribution in [3.05, 3.63) is 29.6 Å². The third kappa shape index (κ3) is 3.81. The van der Waals surface area contributed by atoms with Gasteiger partial charge < -0.3 is 10.8 Å². The molecule has 0 fully saturated rings. The Labute approximate surface area is 105 Å². The molecule has 1 atom stereocenters. The molecule has 1 aromatic rings. The predicted molar refractivity (Wildman–Crippen MR) is 65.9 cm³/mol. The van der Waals surface area contributed by atoms with E-state index in [2.05, 4.69) is 10.3 Å². The lowest BCUT2D eigenvalue weighted by molar-refractivity contribution is -0.121. The van der Waals surface area contributed by atoms with E-state index in [9.17, 15) is 9.59 Å². The van der Waals surface area contributed by atoms with E-state index >= 15 is 0 Å². The summed E-state index contributed by atoms with van der Waals surface area (Å²) in [4.78, 5) is 25.9. The molecule has 0 aliphatic carbocycles. The monoisotopic (exact) mass is 251 g/mol. The molecular weight excluding hydrogens is 234 g/mol. The lowest BCUT2D eigenvalue weighted by Crippen LogP contribution is -2.44. The van der Waals surface area contributed by atoms with E-state index in [0.717, 1.165) is 0 Å². The number of rotatable bonds is 6. The first kappa shape index (κ1) is 14.1. The normalized spacial score (nSPS) is 12.4. The highest BCUT2D eigenvalue weighted by molar-refractivity contribution is 5.85. The highest BCUT2D eigenvalue weighted by Crippen LogP contribution is 2.04. The lowest BCUT2D eigenvalue weighted by atomic mass is 10.0. The number of hydrogen-bond donors (Lipinski definition) is 3. The third-order valence-corrected chi connectivity index (χ3v) is 2.50. The van der Waals surface area contributed by atoms with Crippen LogP contribution in [0, 0.1) is 5.92 Å². The molecule has 0 aromatic carbocycles. The lowest BCUT2D eigenvalue weighted by Gasteiger charge is -2.18. The Hall–Kier alpha value is -1.95. The number of carboxylic acids is 1. The number of nitrogens with zero attached hydrogens (tertiary/aromatic N) is 1. The van der Waals surface area contributed by atoms with Crippen molar-refractivity contribution in [2.24, 2.45) is 11.7 Å². The maximum Gasteiger partial charge on any atom is 0.354 e. The summed E-state index contributed by atoms with van der Waals surface area (Å²) in [5, 5.41) is 11.8. The van der Waals surface area contributed by atoms with Gasteiger partial charge in [0.2, 0.25) is 5.91 Å². The number of carbonyl (C=O) groups is 2. The molecular formula is C12H17N3O3. The fraction of sp³-hybridized carbons (Fsp3) is 0.417. The van der Waals surface area contributed by atoms with Crippen LogP contribution in [-0.2, 0) is 11.3 Å². The van der Waals surface area contributed by atoms with Gasteiger partial charge in [0, 0.05) is 6.54 Å². The van der Waals surface area contributed by atoms with E-state index in [0.29, 0.717) is 12.2 Å². The van der Waals surface area contributed by atoms with Gasteiger partial charge in [0.25, 0.3) is 0 Å². The molecule has 0 aliphatic heterocycles. The van der Waals surface area contributed by atoms with E-state index in [-0.39, 0.29) is 11.6 Å². The van der Waals surface area contributed by atoms with E-state index in [4.69, 9.17) is 10.8 Å². The van der Waals surface area contributed by atoms with Gasteiger partial charge in [-0.05, 0) is 18.1 Å². The number of pyridine rings is 1. The molecule has 1 aromatic heterocycles. The molecule has 0 saturated heterocycles. The standard InChI is InChI=1S/C12H17N3O3/c1-7(2)10(11(13)16)14-6-8-4-3-5-9(15-8)12(17)18/h3-5,7,10,14H,6H2,1-2H3,(H2,13,16)(H,17,18). The minimum atomic E-state index is -1.08. The van der Waals surface area contributed by atoms with Crippen molar-refractivity contribution >= 4 is 11.9 Å². The molecule has 0 spiro atoms. The largest absolute Gasteiger partial charge is 0.477 e. The second-order valence-electron chi connectivity index (χ2n) is 4.32. The van der Waals surface area contributed by atoms with Crippen LogP contribution in [-0.4, -0.2) is 28.0 Å². The number of nitrogens with two attached hydrogens (primary N) is 1. The van der Waals surface area contributed by atoms with E-state index in [1.165, 1.54) is 6.07 Å². The van der Waals surface area contributed by atoms with Crippen molar-refractivity contribution in [2.45, 2.75) is 26.4 Å². The fourth-order valence-corrected chi connectivity index (χ4v) is 1.58. The second-order valence-corrected chi connectivity index (χ2v) is 4.32. The number of carbonyl (C=O) groups excluding carboxylic acids is 1. The van der Waals surface area contributed by atoms with Crippen LogP contribution in [0.2, 0.25) is 0 Å². The minimum Gasteiger partial charge on any atom is -0.477 e. The summed E-state index contributed by atoms with van der Waals surface area (Å²) in [6.45, 7) is 4.06. The van der Waals surface area contributed by atoms with Crippen LogP contribution in [0.5, 0.6) is 0 Å². The summed E-state index contributed by atoms with van der Waals surface area (Å²) in [6, 6.07) is 4.26. The van der Waals surface area contributed by atoms with Gasteiger partial charge in [0.1, 0.15) is 5.69 Å². The fourth-order valence-electron chi connectivity index (χ4n) is 1.58. The number of carboxylic acid groups (broad SMARTS) is 1. The van der Waals surface area contributed by atoms with Crippen LogP contribution in [0.1, 0.15) is 30.0 Å². The zero-order valence-corrected chi connectivity index (χ0v) is 10.4. The highest BCUT2D eigenvalue weighted by Gasteiger charge is 2.18. The first-order valence-corrected chi connectivity index (χ1v) is 5.63. The topological polar surface area (TPSA) is 105 Å². The van der Waals surface area contributed by atoms with Crippen molar-refractivity contribution < 1.29 is 14.7 Å². The van der Waals surface area contributed by atoms with Crippen molar-refractivity contribution in [1.29, 1.82) is 0 Å². The van der Waals surface area contributed by atoms with Gasteiger partial charge in [-0.15, -0.1) is 0 Å². The van der Waals surface area contributed by atoms with Gasteiger partial charge in [-0.2, -0.15) is 0 Å². The molecule has 0 bridgehead atoms. The summed E-state index contributed by atoms with van der Waals surface area (Å²) < 4.78 is 0.